The Balaban J connectivity index is 3.59. The van der Waals surface area contributed by atoms with E-state index in [-0.39, 0.29) is 0 Å². The minimum atomic E-state index is 0.657. The number of alkyl halides is 1. The average molecular weight is 236 g/mol. The molecule has 0 bridgehead atoms. The van der Waals surface area contributed by atoms with E-state index in [4.69, 9.17) is 0 Å². The molecule has 0 aliphatic rings. The van der Waals surface area contributed by atoms with Crippen LogP contribution in [-0.2, 0) is 0 Å². The highest BCUT2D eigenvalue weighted by atomic mass is 79.9. The van der Waals surface area contributed by atoms with Gasteiger partial charge in [-0.1, -0.05) is 36.2 Å². The van der Waals surface area contributed by atoms with E-state index >= 15 is 0 Å². The summed E-state index contributed by atoms with van der Waals surface area (Å²) in [5, 5.41) is 1.07. The highest BCUT2D eigenvalue weighted by Crippen LogP contribution is 2.09. The van der Waals surface area contributed by atoms with E-state index in [9.17, 15) is 0 Å². The first-order valence-corrected chi connectivity index (χ1v) is 6.00. The van der Waals surface area contributed by atoms with Gasteiger partial charge in [0.2, 0.25) is 0 Å². The number of hydrogen-bond donors (Lipinski definition) is 0. The second-order valence-electron chi connectivity index (χ2n) is 3.84. The molecule has 0 fully saturated rings. The number of hydrogen-bond acceptors (Lipinski definition) is 1. The maximum Gasteiger partial charge on any atom is 0.0185 e. The molecular formula is C10H22BrN. The zero-order chi connectivity index (χ0) is 9.56. The maximum atomic E-state index is 3.50. The average Bonchev–Trinajstić information content (AvgIpc) is 2.03. The number of nitrogens with zero attached hydrogens (tertiary/aromatic N) is 1. The van der Waals surface area contributed by atoms with E-state index in [0.717, 1.165) is 11.2 Å². The maximum absolute atomic E-state index is 3.50. The third kappa shape index (κ3) is 5.15. The molecule has 12 heavy (non-hydrogen) atoms. The summed E-state index contributed by atoms with van der Waals surface area (Å²) >= 11 is 3.50. The Labute approximate surface area is 85.7 Å². The van der Waals surface area contributed by atoms with E-state index < -0.39 is 0 Å². The van der Waals surface area contributed by atoms with Gasteiger partial charge in [0.15, 0.2) is 0 Å². The van der Waals surface area contributed by atoms with Crippen molar-refractivity contribution in [3.63, 3.8) is 0 Å². The quantitative estimate of drug-likeness (QED) is 0.640. The van der Waals surface area contributed by atoms with Gasteiger partial charge in [0, 0.05) is 17.9 Å². The fourth-order valence-corrected chi connectivity index (χ4v) is 1.87. The van der Waals surface area contributed by atoms with Crippen molar-refractivity contribution in [2.45, 2.75) is 39.7 Å². The van der Waals surface area contributed by atoms with Crippen molar-refractivity contribution < 1.29 is 0 Å². The molecular weight excluding hydrogens is 214 g/mol. The third-order valence-electron chi connectivity index (χ3n) is 2.36. The minimum absolute atomic E-state index is 0.657. The van der Waals surface area contributed by atoms with Gasteiger partial charge in [-0.05, 0) is 26.3 Å². The standard InChI is InChI=1S/C10H22BrN/c1-5-6-9(2)8-12(4)10(3)7-11/h9-10H,5-8H2,1-4H3. The molecule has 2 heteroatoms. The normalized spacial score (nSPS) is 16.5. The molecule has 0 N–H and O–H groups in total. The summed E-state index contributed by atoms with van der Waals surface area (Å²) < 4.78 is 0. The largest absolute Gasteiger partial charge is 0.303 e. The zero-order valence-corrected chi connectivity index (χ0v) is 10.4. The molecule has 0 amide bonds. The van der Waals surface area contributed by atoms with Gasteiger partial charge in [0.1, 0.15) is 0 Å². The fourth-order valence-electron chi connectivity index (χ4n) is 1.37. The van der Waals surface area contributed by atoms with Crippen LogP contribution in [0.5, 0.6) is 0 Å². The molecule has 0 aromatic heterocycles. The molecule has 0 aliphatic carbocycles. The molecule has 0 saturated carbocycles. The monoisotopic (exact) mass is 235 g/mol. The summed E-state index contributed by atoms with van der Waals surface area (Å²) in [6.45, 7) is 8.07. The lowest BCUT2D eigenvalue weighted by atomic mass is 10.1. The number of rotatable bonds is 6. The first-order valence-electron chi connectivity index (χ1n) is 4.88. The summed E-state index contributed by atoms with van der Waals surface area (Å²) in [5.74, 6) is 0.835. The first-order chi connectivity index (χ1) is 5.61. The van der Waals surface area contributed by atoms with Gasteiger partial charge in [-0.25, -0.2) is 0 Å². The minimum Gasteiger partial charge on any atom is -0.303 e. The van der Waals surface area contributed by atoms with Crippen LogP contribution < -0.4 is 0 Å². The Kier molecular flexibility index (Phi) is 7.16. The topological polar surface area (TPSA) is 3.24 Å². The highest BCUT2D eigenvalue weighted by Gasteiger charge is 2.10. The van der Waals surface area contributed by atoms with Crippen molar-refractivity contribution in [3.05, 3.63) is 0 Å². The smallest absolute Gasteiger partial charge is 0.0185 e. The molecule has 0 aromatic carbocycles. The van der Waals surface area contributed by atoms with Crippen molar-refractivity contribution in [2.75, 3.05) is 18.9 Å². The van der Waals surface area contributed by atoms with Crippen LogP contribution in [0, 0.1) is 5.92 Å². The molecule has 1 nitrogen and oxygen atoms in total. The summed E-state index contributed by atoms with van der Waals surface area (Å²) in [4.78, 5) is 2.43. The van der Waals surface area contributed by atoms with Crippen LogP contribution >= 0.6 is 15.9 Å². The fraction of sp³-hybridized carbons (Fsp3) is 1.00. The van der Waals surface area contributed by atoms with E-state index in [2.05, 4.69) is 48.6 Å². The van der Waals surface area contributed by atoms with Crippen molar-refractivity contribution in [2.24, 2.45) is 5.92 Å². The Morgan fingerprint density at radius 2 is 1.92 bits per heavy atom. The predicted molar refractivity (Wildman–Crippen MR) is 60.0 cm³/mol. The lowest BCUT2D eigenvalue weighted by molar-refractivity contribution is 0.235. The van der Waals surface area contributed by atoms with Gasteiger partial charge in [0.05, 0.1) is 0 Å². The van der Waals surface area contributed by atoms with Crippen molar-refractivity contribution in [3.8, 4) is 0 Å². The SMILES string of the molecule is CCCC(C)CN(C)C(C)CBr. The third-order valence-corrected chi connectivity index (χ3v) is 3.29. The second-order valence-corrected chi connectivity index (χ2v) is 4.48. The lowest BCUT2D eigenvalue weighted by Crippen LogP contribution is -2.33. The van der Waals surface area contributed by atoms with Gasteiger partial charge in [-0.3, -0.25) is 0 Å². The molecule has 0 aromatic rings. The molecule has 0 rings (SSSR count). The van der Waals surface area contributed by atoms with E-state index in [1.807, 2.05) is 0 Å². The summed E-state index contributed by atoms with van der Waals surface area (Å²) in [5.41, 5.74) is 0. The Morgan fingerprint density at radius 3 is 2.33 bits per heavy atom. The molecule has 0 aliphatic heterocycles. The van der Waals surface area contributed by atoms with Crippen molar-refractivity contribution in [1.82, 2.24) is 4.90 Å². The van der Waals surface area contributed by atoms with E-state index in [1.54, 1.807) is 0 Å². The lowest BCUT2D eigenvalue weighted by Gasteiger charge is -2.25. The van der Waals surface area contributed by atoms with Crippen LogP contribution in [0.25, 0.3) is 0 Å². The van der Waals surface area contributed by atoms with Crippen LogP contribution in [0.15, 0.2) is 0 Å². The summed E-state index contributed by atoms with van der Waals surface area (Å²) in [7, 11) is 2.21. The van der Waals surface area contributed by atoms with Crippen LogP contribution in [-0.4, -0.2) is 29.9 Å². The molecule has 0 spiro atoms. The van der Waals surface area contributed by atoms with Crippen LogP contribution in [0.4, 0.5) is 0 Å². The van der Waals surface area contributed by atoms with Crippen LogP contribution in [0.2, 0.25) is 0 Å². The Bertz CT molecular complexity index is 106. The number of halogens is 1. The predicted octanol–water partition coefficient (Wildman–Crippen LogP) is 3.14. The van der Waals surface area contributed by atoms with Gasteiger partial charge in [-0.2, -0.15) is 0 Å². The van der Waals surface area contributed by atoms with Gasteiger partial charge in [0.25, 0.3) is 0 Å². The first kappa shape index (κ1) is 12.4. The molecule has 2 unspecified atom stereocenters. The zero-order valence-electron chi connectivity index (χ0n) is 8.81. The molecule has 0 saturated heterocycles. The van der Waals surface area contributed by atoms with Crippen molar-refractivity contribution >= 4 is 15.9 Å². The Morgan fingerprint density at radius 1 is 1.33 bits per heavy atom. The molecule has 0 radical (unpaired) electrons. The van der Waals surface area contributed by atoms with Crippen molar-refractivity contribution in [1.29, 1.82) is 0 Å². The van der Waals surface area contributed by atoms with Crippen LogP contribution in [0.1, 0.15) is 33.6 Å². The van der Waals surface area contributed by atoms with E-state index in [0.29, 0.717) is 6.04 Å². The molecule has 0 heterocycles. The van der Waals surface area contributed by atoms with E-state index in [1.165, 1.54) is 19.4 Å². The highest BCUT2D eigenvalue weighted by molar-refractivity contribution is 9.09. The van der Waals surface area contributed by atoms with Gasteiger partial charge >= 0.3 is 0 Å². The Hall–Kier alpha value is 0.440. The summed E-state index contributed by atoms with van der Waals surface area (Å²) in [6, 6.07) is 0.657. The van der Waals surface area contributed by atoms with Gasteiger partial charge in [-0.15, -0.1) is 0 Å². The van der Waals surface area contributed by atoms with Gasteiger partial charge < -0.3 is 4.90 Å². The second kappa shape index (κ2) is 6.90. The molecule has 74 valence electrons. The molecule has 2 atom stereocenters. The van der Waals surface area contributed by atoms with Crippen LogP contribution in [0.3, 0.4) is 0 Å². The summed E-state index contributed by atoms with van der Waals surface area (Å²) in [6.07, 6.45) is 2.65.